The molecule has 0 saturated heterocycles. The highest BCUT2D eigenvalue weighted by molar-refractivity contribution is 5.83. The van der Waals surface area contributed by atoms with Crippen molar-refractivity contribution in [2.75, 3.05) is 6.54 Å². The van der Waals surface area contributed by atoms with Crippen LogP contribution in [0.5, 0.6) is 0 Å². The third-order valence-electron chi connectivity index (χ3n) is 6.04. The van der Waals surface area contributed by atoms with E-state index in [0.717, 1.165) is 35.3 Å². The normalized spacial score (nSPS) is 12.5. The molecule has 5 nitrogen and oxygen atoms in total. The van der Waals surface area contributed by atoms with Crippen LogP contribution in [0.15, 0.2) is 110 Å². The summed E-state index contributed by atoms with van der Waals surface area (Å²) in [4.78, 5) is 3.34. The van der Waals surface area contributed by atoms with Crippen LogP contribution in [0.3, 0.4) is 0 Å². The first-order valence-electron chi connectivity index (χ1n) is 12.5. The number of rotatable bonds is 16. The average Bonchev–Trinajstić information content (AvgIpc) is 3.28. The fraction of sp³-hybridized carbons (Fsp3) is 0.290. The van der Waals surface area contributed by atoms with Crippen LogP contribution in [-0.2, 0) is 17.8 Å². The molecule has 1 aromatic heterocycles. The first-order chi connectivity index (χ1) is 17.4. The molecule has 0 bridgehead atoms. The Morgan fingerprint density at radius 2 is 1.72 bits per heavy atom. The van der Waals surface area contributed by atoms with Gasteiger partial charge in [0.05, 0.1) is 12.6 Å². The summed E-state index contributed by atoms with van der Waals surface area (Å²) < 4.78 is 5.85. The second kappa shape index (κ2) is 13.3. The molecule has 0 aliphatic carbocycles. The zero-order valence-electron chi connectivity index (χ0n) is 21.6. The number of ether oxygens (including phenoxy) is 1. The van der Waals surface area contributed by atoms with Crippen molar-refractivity contribution in [2.45, 2.75) is 45.4 Å². The summed E-state index contributed by atoms with van der Waals surface area (Å²) in [7, 11) is 0. The fourth-order valence-electron chi connectivity index (χ4n) is 4.13. The van der Waals surface area contributed by atoms with Crippen LogP contribution in [0.4, 0.5) is 0 Å². The number of aromatic nitrogens is 1. The molecule has 0 radical (unpaired) electrons. The van der Waals surface area contributed by atoms with Crippen LogP contribution in [-0.4, -0.2) is 23.6 Å². The van der Waals surface area contributed by atoms with E-state index in [4.69, 9.17) is 4.74 Å². The SMILES string of the molecule is C=CC(Cc1c[nH]c2ccccc12)NC(=C)CNC(=C)C(CC(C)C)NC(=C)OCc1ccccc1. The predicted octanol–water partition coefficient (Wildman–Crippen LogP) is 6.16. The third-order valence-corrected chi connectivity index (χ3v) is 6.04. The van der Waals surface area contributed by atoms with Gasteiger partial charge in [0.2, 0.25) is 0 Å². The van der Waals surface area contributed by atoms with Gasteiger partial charge in [-0.1, -0.05) is 81.6 Å². The molecule has 1 heterocycles. The van der Waals surface area contributed by atoms with E-state index in [0.29, 0.717) is 25.0 Å². The van der Waals surface area contributed by atoms with Crippen molar-refractivity contribution in [3.05, 3.63) is 122 Å². The molecule has 3 aromatic rings. The average molecular weight is 485 g/mol. The first kappa shape index (κ1) is 26.7. The largest absolute Gasteiger partial charge is 0.475 e. The molecule has 2 unspecified atom stereocenters. The maximum Gasteiger partial charge on any atom is 0.180 e. The molecule has 0 aliphatic rings. The molecule has 2 aromatic carbocycles. The first-order valence-corrected chi connectivity index (χ1v) is 12.5. The molecule has 36 heavy (non-hydrogen) atoms. The molecule has 2 atom stereocenters. The van der Waals surface area contributed by atoms with Crippen molar-refractivity contribution in [1.82, 2.24) is 20.9 Å². The van der Waals surface area contributed by atoms with Crippen LogP contribution in [0.1, 0.15) is 31.4 Å². The monoisotopic (exact) mass is 484 g/mol. The Balaban J connectivity index is 1.49. The molecule has 0 saturated carbocycles. The number of nitrogens with one attached hydrogen (secondary N) is 4. The summed E-state index contributed by atoms with van der Waals surface area (Å²) >= 11 is 0. The highest BCUT2D eigenvalue weighted by atomic mass is 16.5. The van der Waals surface area contributed by atoms with Crippen molar-refractivity contribution in [3.8, 4) is 0 Å². The maximum atomic E-state index is 5.85. The van der Waals surface area contributed by atoms with Gasteiger partial charge in [-0.2, -0.15) is 0 Å². The quantitative estimate of drug-likeness (QED) is 0.145. The summed E-state index contributed by atoms with van der Waals surface area (Å²) in [5.74, 6) is 1.01. The summed E-state index contributed by atoms with van der Waals surface area (Å²) in [6, 6.07) is 18.5. The zero-order chi connectivity index (χ0) is 25.9. The van der Waals surface area contributed by atoms with Gasteiger partial charge in [-0.05, 0) is 42.5 Å². The van der Waals surface area contributed by atoms with Gasteiger partial charge in [0.15, 0.2) is 5.88 Å². The summed E-state index contributed by atoms with van der Waals surface area (Å²) in [6.45, 7) is 22.0. The van der Waals surface area contributed by atoms with Gasteiger partial charge in [0, 0.05) is 34.5 Å². The molecule has 0 spiro atoms. The van der Waals surface area contributed by atoms with E-state index in [1.54, 1.807) is 0 Å². The van der Waals surface area contributed by atoms with Gasteiger partial charge in [0.1, 0.15) is 6.61 Å². The molecule has 5 heteroatoms. The number of aromatic amines is 1. The Morgan fingerprint density at radius 3 is 2.44 bits per heavy atom. The van der Waals surface area contributed by atoms with Crippen molar-refractivity contribution >= 4 is 10.9 Å². The summed E-state index contributed by atoms with van der Waals surface area (Å²) in [6.07, 6.45) is 5.72. The molecular formula is C31H40N4O. The zero-order valence-corrected chi connectivity index (χ0v) is 21.6. The highest BCUT2D eigenvalue weighted by Crippen LogP contribution is 2.19. The lowest BCUT2D eigenvalue weighted by Gasteiger charge is -2.26. The lowest BCUT2D eigenvalue weighted by molar-refractivity contribution is 0.171. The van der Waals surface area contributed by atoms with E-state index < -0.39 is 0 Å². The van der Waals surface area contributed by atoms with E-state index in [2.05, 4.69) is 85.5 Å². The fourth-order valence-corrected chi connectivity index (χ4v) is 4.13. The van der Waals surface area contributed by atoms with Crippen LogP contribution in [0.25, 0.3) is 10.9 Å². The number of fused-ring (bicyclic) bond motifs is 1. The predicted molar refractivity (Wildman–Crippen MR) is 152 cm³/mol. The smallest absolute Gasteiger partial charge is 0.180 e. The molecule has 190 valence electrons. The molecule has 0 fully saturated rings. The standard InChI is InChI=1S/C31H40N4O/c1-7-28(18-27-20-33-30-16-12-11-15-29(27)30)34-23(4)19-32-24(5)31(17-22(2)3)35-25(6)36-21-26-13-9-8-10-14-26/h7-16,20,22,28,31-35H,1,4-6,17-19,21H2,2-3H3. The summed E-state index contributed by atoms with van der Waals surface area (Å²) in [5.41, 5.74) is 5.25. The Kier molecular flexibility index (Phi) is 9.87. The van der Waals surface area contributed by atoms with Crippen molar-refractivity contribution in [1.29, 1.82) is 0 Å². The number of para-hydroxylation sites is 1. The second-order valence-electron chi connectivity index (χ2n) is 9.56. The molecular weight excluding hydrogens is 444 g/mol. The van der Waals surface area contributed by atoms with E-state index in [-0.39, 0.29) is 12.1 Å². The maximum absolute atomic E-state index is 5.85. The Hall–Kier alpha value is -3.86. The van der Waals surface area contributed by atoms with E-state index >= 15 is 0 Å². The lowest BCUT2D eigenvalue weighted by Crippen LogP contribution is -2.39. The topological polar surface area (TPSA) is 61.1 Å². The Bertz CT molecular complexity index is 1160. The second-order valence-corrected chi connectivity index (χ2v) is 9.56. The number of hydrogen-bond donors (Lipinski definition) is 4. The van der Waals surface area contributed by atoms with Crippen LogP contribution < -0.4 is 16.0 Å². The van der Waals surface area contributed by atoms with Gasteiger partial charge >= 0.3 is 0 Å². The highest BCUT2D eigenvalue weighted by Gasteiger charge is 2.16. The van der Waals surface area contributed by atoms with Crippen LogP contribution in [0, 0.1) is 5.92 Å². The Morgan fingerprint density at radius 1 is 1.00 bits per heavy atom. The van der Waals surface area contributed by atoms with Gasteiger partial charge < -0.3 is 25.7 Å². The number of benzene rings is 2. The minimum Gasteiger partial charge on any atom is -0.475 e. The van der Waals surface area contributed by atoms with E-state index in [1.807, 2.05) is 42.5 Å². The van der Waals surface area contributed by atoms with Gasteiger partial charge in [-0.25, -0.2) is 0 Å². The Labute approximate surface area is 216 Å². The van der Waals surface area contributed by atoms with Gasteiger partial charge in [-0.3, -0.25) is 0 Å². The van der Waals surface area contributed by atoms with Gasteiger partial charge in [0.25, 0.3) is 0 Å². The minimum atomic E-state index is -0.0116. The number of hydrogen-bond acceptors (Lipinski definition) is 4. The minimum absolute atomic E-state index is 0.0116. The lowest BCUT2D eigenvalue weighted by atomic mass is 10.0. The molecule has 3 rings (SSSR count). The van der Waals surface area contributed by atoms with Crippen molar-refractivity contribution in [2.24, 2.45) is 5.92 Å². The van der Waals surface area contributed by atoms with Crippen molar-refractivity contribution in [3.63, 3.8) is 0 Å². The summed E-state index contributed by atoms with van der Waals surface area (Å²) in [5, 5.41) is 11.5. The van der Waals surface area contributed by atoms with Crippen LogP contribution >= 0.6 is 0 Å². The number of H-pyrrole nitrogens is 1. The van der Waals surface area contributed by atoms with Gasteiger partial charge in [-0.15, -0.1) is 6.58 Å². The van der Waals surface area contributed by atoms with Crippen molar-refractivity contribution < 1.29 is 4.74 Å². The van der Waals surface area contributed by atoms with E-state index in [9.17, 15) is 0 Å². The third kappa shape index (κ3) is 8.12. The molecule has 4 N–H and O–H groups in total. The molecule has 0 aliphatic heterocycles. The molecule has 0 amide bonds. The van der Waals surface area contributed by atoms with Crippen LogP contribution in [0.2, 0.25) is 0 Å². The van der Waals surface area contributed by atoms with E-state index in [1.165, 1.54) is 10.9 Å².